The molecule has 7 nitrogen and oxygen atoms in total. The maximum atomic E-state index is 10.8. The SMILES string of the molecule is [2H]c1c([2H])c([2H])c2c(c1[2H])c1c([2H])c([2H])c([2H])c([2H])c1n2-c1cc2c3c(c1)N(c1cccc4c5cccc(-n6c7c([2H])c([2H])c([2H])c([2H])c7c7c([2H])c(C#N)c([2H])c([2H])c76)c5n(-c5ccccc5)c14)c1cc(-c4cc(C(C)(C)C)cc(C(C)(C)C)c4)ccc1C3c1ccc(-n3c4ccc(C(C)(C)C)cc4c4cc(C(C)(C)C)ccc43)cc1N2c1c(-c2ccccc2)cc(C(C)(C)C)cc1-c1ccccc1. The Bertz CT molecular complexity index is 8670. The van der Waals surface area contributed by atoms with E-state index in [-0.39, 0.29) is 71.0 Å². The van der Waals surface area contributed by atoms with Gasteiger partial charge in [-0.25, -0.2) is 0 Å². The van der Waals surface area contributed by atoms with Crippen molar-refractivity contribution >= 4 is 121 Å². The fourth-order valence-electron chi connectivity index (χ4n) is 19.6. The van der Waals surface area contributed by atoms with Crippen molar-refractivity contribution in [1.29, 1.82) is 5.26 Å². The van der Waals surface area contributed by atoms with E-state index < -0.39 is 108 Å². The van der Waals surface area contributed by atoms with Crippen LogP contribution in [0.1, 0.15) is 180 Å². The first-order valence-corrected chi connectivity index (χ1v) is 43.1. The summed E-state index contributed by atoms with van der Waals surface area (Å²) in [6.07, 6.45) is 0. The molecule has 0 aliphatic carbocycles. The van der Waals surface area contributed by atoms with Crippen LogP contribution in [0.4, 0.5) is 34.1 Å². The lowest BCUT2D eigenvalue weighted by Crippen LogP contribution is -2.30. The second-order valence-corrected chi connectivity index (χ2v) is 39.0. The van der Waals surface area contributed by atoms with Gasteiger partial charge in [-0.05, 0) is 216 Å². The summed E-state index contributed by atoms with van der Waals surface area (Å²) < 4.78 is 155. The van der Waals surface area contributed by atoms with Gasteiger partial charge in [0, 0.05) is 77.1 Å². The Morgan fingerprint density at radius 3 is 1.26 bits per heavy atom. The van der Waals surface area contributed by atoms with Crippen molar-refractivity contribution < 1.29 is 20.6 Å². The first-order valence-electron chi connectivity index (χ1n) is 50.6. The molecule has 2 aliphatic rings. The van der Waals surface area contributed by atoms with Crippen LogP contribution in [-0.4, -0.2) is 18.3 Å². The topological polar surface area (TPSA) is 50.0 Å². The zero-order valence-electron chi connectivity index (χ0n) is 87.8. The third kappa shape index (κ3) is 12.2. The number of aromatic nitrogens is 4. The van der Waals surface area contributed by atoms with E-state index in [4.69, 9.17) is 0 Å². The predicted molar refractivity (Wildman–Crippen MR) is 529 cm³/mol. The molecule has 22 rings (SSSR count). The Hall–Kier alpha value is -14.2. The zero-order valence-corrected chi connectivity index (χ0v) is 72.8. The summed E-state index contributed by atoms with van der Waals surface area (Å²) in [6, 6.07) is 79.5. The van der Waals surface area contributed by atoms with E-state index in [0.29, 0.717) is 55.9 Å². The lowest BCUT2D eigenvalue weighted by atomic mass is 9.74. The molecule has 16 aromatic carbocycles. The number of para-hydroxylation sites is 6. The minimum atomic E-state index is -0.720. The molecular formula is C118H101N7. The maximum Gasteiger partial charge on any atom is 0.0991 e. The van der Waals surface area contributed by atoms with Gasteiger partial charge in [0.05, 0.1) is 122 Å². The molecule has 7 heteroatoms. The Morgan fingerprint density at radius 2 is 0.728 bits per heavy atom. The van der Waals surface area contributed by atoms with Crippen molar-refractivity contribution in [2.45, 2.75) is 137 Å². The summed E-state index contributed by atoms with van der Waals surface area (Å²) in [5.41, 5.74) is 20.3. The summed E-state index contributed by atoms with van der Waals surface area (Å²) in [7, 11) is 0. The van der Waals surface area contributed by atoms with Crippen molar-refractivity contribution in [1.82, 2.24) is 18.3 Å². The van der Waals surface area contributed by atoms with Crippen LogP contribution >= 0.6 is 0 Å². The molecule has 6 heterocycles. The minimum Gasteiger partial charge on any atom is -0.309 e. The first kappa shape index (κ1) is 62.0. The van der Waals surface area contributed by atoms with Crippen molar-refractivity contribution in [3.8, 4) is 62.2 Å². The van der Waals surface area contributed by atoms with Crippen molar-refractivity contribution in [2.75, 3.05) is 9.80 Å². The fourth-order valence-corrected chi connectivity index (χ4v) is 19.6. The summed E-state index contributed by atoms with van der Waals surface area (Å²) in [5.74, 6) is -0.720. The van der Waals surface area contributed by atoms with Gasteiger partial charge in [-0.3, -0.25) is 0 Å². The zero-order chi connectivity index (χ0) is 98.9. The summed E-state index contributed by atoms with van der Waals surface area (Å²) in [6.45, 7) is 33.5. The Balaban J connectivity index is 0.978. The molecule has 0 fully saturated rings. The first-order chi connectivity index (χ1) is 66.4. The molecule has 0 amide bonds. The molecule has 125 heavy (non-hydrogen) atoms. The van der Waals surface area contributed by atoms with Crippen LogP contribution in [0.25, 0.3) is 143 Å². The number of hydrogen-bond donors (Lipinski definition) is 0. The van der Waals surface area contributed by atoms with Crippen LogP contribution in [-0.2, 0) is 27.1 Å². The third-order valence-electron chi connectivity index (χ3n) is 26.0. The summed E-state index contributed by atoms with van der Waals surface area (Å²) >= 11 is 0. The quantitative estimate of drug-likeness (QED) is 0.145. The highest BCUT2D eigenvalue weighted by Gasteiger charge is 2.45. The number of nitrogens with zero attached hydrogens (tertiary/aromatic N) is 7. The highest BCUT2D eigenvalue weighted by Crippen LogP contribution is 2.65. The number of fused-ring (bicyclic) bond motifs is 16. The monoisotopic (exact) mass is 1630 g/mol. The highest BCUT2D eigenvalue weighted by molar-refractivity contribution is 6.20. The molecule has 2 aliphatic heterocycles. The lowest BCUT2D eigenvalue weighted by Gasteiger charge is -2.46. The largest absolute Gasteiger partial charge is 0.309 e. The Morgan fingerprint density at radius 1 is 0.280 bits per heavy atom. The van der Waals surface area contributed by atoms with Crippen molar-refractivity contribution in [3.63, 3.8) is 0 Å². The van der Waals surface area contributed by atoms with Gasteiger partial charge in [0.15, 0.2) is 0 Å². The van der Waals surface area contributed by atoms with Crippen LogP contribution < -0.4 is 9.80 Å². The number of hydrogen-bond acceptors (Lipinski definition) is 3. The van der Waals surface area contributed by atoms with Gasteiger partial charge in [-0.1, -0.05) is 310 Å². The summed E-state index contributed by atoms with van der Waals surface area (Å²) in [5, 5.41) is 13.9. The number of nitriles is 1. The van der Waals surface area contributed by atoms with Gasteiger partial charge in [-0.15, -0.1) is 0 Å². The van der Waals surface area contributed by atoms with Crippen LogP contribution in [0.15, 0.2) is 333 Å². The van der Waals surface area contributed by atoms with E-state index in [2.05, 4.69) is 287 Å². The molecule has 0 bridgehead atoms. The molecule has 0 saturated heterocycles. The van der Waals surface area contributed by atoms with Crippen molar-refractivity contribution in [3.05, 3.63) is 383 Å². The van der Waals surface area contributed by atoms with Gasteiger partial charge < -0.3 is 28.1 Å². The van der Waals surface area contributed by atoms with E-state index in [1.54, 1.807) is 9.13 Å². The van der Waals surface area contributed by atoms with E-state index >= 15 is 0 Å². The molecule has 0 spiro atoms. The molecule has 4 aromatic heterocycles. The van der Waals surface area contributed by atoms with Gasteiger partial charge in [0.1, 0.15) is 0 Å². The normalized spacial score (nSPS) is 15.4. The van der Waals surface area contributed by atoms with Crippen LogP contribution in [0.3, 0.4) is 0 Å². The molecule has 0 saturated carbocycles. The second-order valence-electron chi connectivity index (χ2n) is 39.0. The maximum absolute atomic E-state index is 10.8. The average molecular weight is 1630 g/mol. The van der Waals surface area contributed by atoms with E-state index in [1.165, 1.54) is 11.1 Å². The molecule has 0 radical (unpaired) electrons. The lowest BCUT2D eigenvalue weighted by molar-refractivity contribution is 0.569. The molecule has 0 N–H and O–H groups in total. The van der Waals surface area contributed by atoms with Gasteiger partial charge >= 0.3 is 0 Å². The number of anilines is 6. The third-order valence-corrected chi connectivity index (χ3v) is 26.0. The number of benzene rings is 16. The van der Waals surface area contributed by atoms with Gasteiger partial charge in [-0.2, -0.15) is 5.26 Å². The van der Waals surface area contributed by atoms with Crippen molar-refractivity contribution in [2.24, 2.45) is 0 Å². The minimum absolute atomic E-state index is 0.0766. The van der Waals surface area contributed by atoms with E-state index in [0.717, 1.165) is 106 Å². The fraction of sp³-hybridized carbons (Fsp3) is 0.178. The van der Waals surface area contributed by atoms with Crippen LogP contribution in [0.5, 0.6) is 0 Å². The average Bonchev–Trinajstić information content (AvgIpc) is 1.23. The predicted octanol–water partition coefficient (Wildman–Crippen LogP) is 32.2. The Labute approximate surface area is 753 Å². The molecule has 1 atom stereocenters. The van der Waals surface area contributed by atoms with Crippen LogP contribution in [0.2, 0.25) is 0 Å². The Kier molecular flexibility index (Phi) is 13.8. The van der Waals surface area contributed by atoms with E-state index in [9.17, 15) is 25.8 Å². The van der Waals surface area contributed by atoms with E-state index in [1.807, 2.05) is 84.9 Å². The van der Waals surface area contributed by atoms with Gasteiger partial charge in [0.2, 0.25) is 0 Å². The second kappa shape index (κ2) is 27.9. The van der Waals surface area contributed by atoms with Crippen LogP contribution in [0, 0.1) is 11.3 Å². The molecule has 20 aromatic rings. The smallest absolute Gasteiger partial charge is 0.0991 e. The molecule has 608 valence electrons. The molecule has 1 unspecified atom stereocenters. The standard InChI is InChI=1S/C118H101N7/c1-114(2,3)77-51-57-100-95(64-77)96-65-78(115(4,5)6)52-58-101(96)120(100)83-53-55-91-106(68-83)125(111-92(73-33-19-16-20-34-73)66-81(118(13,14)15)67-93(111)74-35-21-17-22-36-74)108-70-84(121-97-44-28-25-39-85(97)86-40-26-29-45-98(86)121)69-107-110(108)109(91)90-54-50-75(76-60-79(116(7,8)9)63-80(61-76)117(10,11)12)62-105(90)124(107)104-48-32-43-89-88-42-31-47-103(112(88)122(113(89)104)82-37-23-18-24-38-82)123-99-46-30-27-41-87(99)94-59-72(71-119)49-56-102(94)123/h16-70,109H,1-15H3/i25D,26D,27D,28D,29D,30D,39D,40D,41D,44D,45D,46D,49D,56D,59D. The number of rotatable bonds is 9. The summed E-state index contributed by atoms with van der Waals surface area (Å²) in [4.78, 5) is 4.70. The van der Waals surface area contributed by atoms with Gasteiger partial charge in [0.25, 0.3) is 0 Å². The highest BCUT2D eigenvalue weighted by atomic mass is 15.2. The molecular weight excluding hydrogens is 1520 g/mol.